The number of para-hydroxylation sites is 1. The first-order valence-corrected chi connectivity index (χ1v) is 8.93. The first kappa shape index (κ1) is 17.8. The highest BCUT2D eigenvalue weighted by Crippen LogP contribution is 2.28. The van der Waals surface area contributed by atoms with Crippen LogP contribution in [0.2, 0.25) is 0 Å². The summed E-state index contributed by atoms with van der Waals surface area (Å²) < 4.78 is 16.5. The number of aromatic nitrogens is 2. The molecule has 2 aromatic carbocycles. The molecule has 140 valence electrons. The van der Waals surface area contributed by atoms with Gasteiger partial charge >= 0.3 is 0 Å². The fourth-order valence-corrected chi connectivity index (χ4v) is 2.95. The van der Waals surface area contributed by atoms with Crippen molar-refractivity contribution >= 4 is 10.9 Å². The van der Waals surface area contributed by atoms with Gasteiger partial charge in [-0.25, -0.2) is 4.98 Å². The molecule has 0 fully saturated rings. The standard InChI is InChI=1S/C23H20N2O3/c1-26-18-7-3-5-16(13-18)15-28-22-8-4-6-17-9-11-21(25-23(17)22)20-12-10-19(27-2)14-24-20/h3-14H,15H2,1-2H3. The SMILES string of the molecule is COc1ccc(-c2ccc3cccc(OCc4cccc(OC)c4)c3n2)nc1. The summed E-state index contributed by atoms with van der Waals surface area (Å²) in [5.41, 5.74) is 3.41. The number of hydrogen-bond donors (Lipinski definition) is 0. The molecular formula is C23H20N2O3. The predicted octanol–water partition coefficient (Wildman–Crippen LogP) is 4.89. The molecule has 0 aliphatic rings. The molecule has 5 heteroatoms. The molecule has 0 atom stereocenters. The zero-order valence-corrected chi connectivity index (χ0v) is 15.8. The third kappa shape index (κ3) is 3.74. The maximum absolute atomic E-state index is 6.07. The van der Waals surface area contributed by atoms with Crippen molar-refractivity contribution in [2.24, 2.45) is 0 Å². The predicted molar refractivity (Wildman–Crippen MR) is 109 cm³/mol. The lowest BCUT2D eigenvalue weighted by atomic mass is 10.1. The maximum atomic E-state index is 6.07. The van der Waals surface area contributed by atoms with Gasteiger partial charge in [0, 0.05) is 5.39 Å². The monoisotopic (exact) mass is 372 g/mol. The lowest BCUT2D eigenvalue weighted by molar-refractivity contribution is 0.308. The molecule has 5 nitrogen and oxygen atoms in total. The van der Waals surface area contributed by atoms with Crippen molar-refractivity contribution in [2.75, 3.05) is 14.2 Å². The summed E-state index contributed by atoms with van der Waals surface area (Å²) in [5.74, 6) is 2.26. The summed E-state index contributed by atoms with van der Waals surface area (Å²) in [6, 6.07) is 21.5. The van der Waals surface area contributed by atoms with Gasteiger partial charge in [0.05, 0.1) is 31.8 Å². The molecule has 0 radical (unpaired) electrons. The molecule has 2 aromatic heterocycles. The summed E-state index contributed by atoms with van der Waals surface area (Å²) in [4.78, 5) is 9.22. The van der Waals surface area contributed by atoms with Crippen LogP contribution in [-0.2, 0) is 6.61 Å². The molecule has 0 saturated heterocycles. The van der Waals surface area contributed by atoms with E-state index in [1.54, 1.807) is 20.4 Å². The summed E-state index contributed by atoms with van der Waals surface area (Å²) in [6.07, 6.45) is 1.69. The Morgan fingerprint density at radius 2 is 1.61 bits per heavy atom. The van der Waals surface area contributed by atoms with Crippen LogP contribution in [-0.4, -0.2) is 24.2 Å². The summed E-state index contributed by atoms with van der Waals surface area (Å²) in [7, 11) is 3.28. The first-order valence-electron chi connectivity index (χ1n) is 8.93. The number of fused-ring (bicyclic) bond motifs is 1. The fraction of sp³-hybridized carbons (Fsp3) is 0.130. The van der Waals surface area contributed by atoms with E-state index < -0.39 is 0 Å². The Morgan fingerprint density at radius 3 is 2.39 bits per heavy atom. The first-order chi connectivity index (χ1) is 13.8. The molecule has 4 rings (SSSR count). The van der Waals surface area contributed by atoms with Gasteiger partial charge in [-0.3, -0.25) is 4.98 Å². The Bertz CT molecular complexity index is 1090. The number of ether oxygens (including phenoxy) is 3. The minimum Gasteiger partial charge on any atom is -0.497 e. The van der Waals surface area contributed by atoms with Gasteiger partial charge in [0.25, 0.3) is 0 Å². The number of pyridine rings is 2. The average Bonchev–Trinajstić information content (AvgIpc) is 2.77. The highest BCUT2D eigenvalue weighted by Gasteiger charge is 2.08. The van der Waals surface area contributed by atoms with Crippen molar-refractivity contribution in [3.63, 3.8) is 0 Å². The van der Waals surface area contributed by atoms with E-state index >= 15 is 0 Å². The summed E-state index contributed by atoms with van der Waals surface area (Å²) in [5, 5.41) is 1.01. The van der Waals surface area contributed by atoms with Crippen molar-refractivity contribution in [1.29, 1.82) is 0 Å². The summed E-state index contributed by atoms with van der Waals surface area (Å²) >= 11 is 0. The van der Waals surface area contributed by atoms with E-state index in [4.69, 9.17) is 19.2 Å². The van der Waals surface area contributed by atoms with Gasteiger partial charge in [0.1, 0.15) is 29.4 Å². The van der Waals surface area contributed by atoms with Crippen molar-refractivity contribution in [1.82, 2.24) is 9.97 Å². The molecule has 0 N–H and O–H groups in total. The second-order valence-corrected chi connectivity index (χ2v) is 6.25. The third-order valence-electron chi connectivity index (χ3n) is 4.45. The number of benzene rings is 2. The molecule has 0 amide bonds. The topological polar surface area (TPSA) is 53.5 Å². The zero-order chi connectivity index (χ0) is 19.3. The van der Waals surface area contributed by atoms with Crippen molar-refractivity contribution in [3.8, 4) is 28.6 Å². The fourth-order valence-electron chi connectivity index (χ4n) is 2.95. The smallest absolute Gasteiger partial charge is 0.146 e. The number of rotatable bonds is 6. The van der Waals surface area contributed by atoms with Gasteiger partial charge < -0.3 is 14.2 Å². The Hall–Kier alpha value is -3.60. The van der Waals surface area contributed by atoms with Gasteiger partial charge in [-0.15, -0.1) is 0 Å². The van der Waals surface area contributed by atoms with Crippen molar-refractivity contribution in [3.05, 3.63) is 78.5 Å². The molecule has 0 aliphatic carbocycles. The minimum absolute atomic E-state index is 0.434. The number of nitrogens with zero attached hydrogens (tertiary/aromatic N) is 2. The highest BCUT2D eigenvalue weighted by atomic mass is 16.5. The van der Waals surface area contributed by atoms with E-state index in [2.05, 4.69) is 4.98 Å². The Balaban J connectivity index is 1.64. The number of hydrogen-bond acceptors (Lipinski definition) is 5. The van der Waals surface area contributed by atoms with Crippen LogP contribution in [0.4, 0.5) is 0 Å². The maximum Gasteiger partial charge on any atom is 0.146 e. The Kier molecular flexibility index (Phi) is 5.06. The third-order valence-corrected chi connectivity index (χ3v) is 4.45. The van der Waals surface area contributed by atoms with Gasteiger partial charge in [-0.05, 0) is 42.0 Å². The minimum atomic E-state index is 0.434. The van der Waals surface area contributed by atoms with Gasteiger partial charge in [-0.2, -0.15) is 0 Å². The van der Waals surface area contributed by atoms with E-state index in [9.17, 15) is 0 Å². The highest BCUT2D eigenvalue weighted by molar-refractivity contribution is 5.86. The van der Waals surface area contributed by atoms with E-state index in [1.807, 2.05) is 66.7 Å². The quantitative estimate of drug-likeness (QED) is 0.482. The van der Waals surface area contributed by atoms with Crippen LogP contribution in [0.15, 0.2) is 72.9 Å². The van der Waals surface area contributed by atoms with Crippen molar-refractivity contribution in [2.45, 2.75) is 6.61 Å². The molecule has 2 heterocycles. The van der Waals surface area contributed by atoms with E-state index in [1.165, 1.54) is 0 Å². The van der Waals surface area contributed by atoms with Crippen LogP contribution in [0.3, 0.4) is 0 Å². The van der Waals surface area contributed by atoms with Crippen LogP contribution in [0.5, 0.6) is 17.2 Å². The van der Waals surface area contributed by atoms with E-state index in [-0.39, 0.29) is 0 Å². The molecular weight excluding hydrogens is 352 g/mol. The van der Waals surface area contributed by atoms with Crippen LogP contribution in [0.1, 0.15) is 5.56 Å². The van der Waals surface area contributed by atoms with Gasteiger partial charge in [-0.1, -0.05) is 30.3 Å². The molecule has 4 aromatic rings. The Labute approximate surface area is 163 Å². The lowest BCUT2D eigenvalue weighted by Crippen LogP contribution is -1.98. The normalized spacial score (nSPS) is 10.6. The van der Waals surface area contributed by atoms with Crippen molar-refractivity contribution < 1.29 is 14.2 Å². The second kappa shape index (κ2) is 7.96. The zero-order valence-electron chi connectivity index (χ0n) is 15.8. The lowest BCUT2D eigenvalue weighted by Gasteiger charge is -2.11. The molecule has 0 spiro atoms. The second-order valence-electron chi connectivity index (χ2n) is 6.25. The van der Waals surface area contributed by atoms with Crippen LogP contribution < -0.4 is 14.2 Å². The largest absolute Gasteiger partial charge is 0.497 e. The van der Waals surface area contributed by atoms with Crippen LogP contribution in [0, 0.1) is 0 Å². The van der Waals surface area contributed by atoms with Crippen LogP contribution in [0.25, 0.3) is 22.3 Å². The molecule has 0 saturated carbocycles. The van der Waals surface area contributed by atoms with Crippen LogP contribution >= 0.6 is 0 Å². The van der Waals surface area contributed by atoms with E-state index in [0.717, 1.165) is 39.4 Å². The Morgan fingerprint density at radius 1 is 0.786 bits per heavy atom. The molecule has 0 aliphatic heterocycles. The van der Waals surface area contributed by atoms with E-state index in [0.29, 0.717) is 12.4 Å². The molecule has 28 heavy (non-hydrogen) atoms. The summed E-state index contributed by atoms with van der Waals surface area (Å²) in [6.45, 7) is 0.434. The number of methoxy groups -OCH3 is 2. The average molecular weight is 372 g/mol. The van der Waals surface area contributed by atoms with Gasteiger partial charge in [0.15, 0.2) is 0 Å². The molecule has 0 unspecified atom stereocenters. The van der Waals surface area contributed by atoms with Gasteiger partial charge in [0.2, 0.25) is 0 Å². The molecule has 0 bridgehead atoms.